The van der Waals surface area contributed by atoms with E-state index in [1.165, 1.54) is 24.0 Å². The molecule has 2 unspecified atom stereocenters. The highest BCUT2D eigenvalue weighted by Crippen LogP contribution is 2.32. The number of nitrogens with one attached hydrogen (secondary N) is 1. The lowest BCUT2D eigenvalue weighted by molar-refractivity contribution is -0.274. The van der Waals surface area contributed by atoms with Crippen molar-refractivity contribution in [3.63, 3.8) is 0 Å². The first-order valence-corrected chi connectivity index (χ1v) is 8.84. The number of rotatable bonds is 5. The minimum atomic E-state index is -4.83. The molecule has 1 aliphatic rings. The Hall–Kier alpha value is -1.32. The number of carbonyl (C=O) groups is 2. The van der Waals surface area contributed by atoms with E-state index >= 15 is 0 Å². The van der Waals surface area contributed by atoms with Gasteiger partial charge in [-0.25, -0.2) is 0 Å². The number of halogens is 5. The van der Waals surface area contributed by atoms with E-state index in [9.17, 15) is 22.8 Å². The fourth-order valence-electron chi connectivity index (χ4n) is 1.91. The normalized spacial score (nSPS) is 20.3. The van der Waals surface area contributed by atoms with Crippen molar-refractivity contribution in [3.05, 3.63) is 24.3 Å². The van der Waals surface area contributed by atoms with Gasteiger partial charge in [0.1, 0.15) is 10.6 Å². The maximum Gasteiger partial charge on any atom is 0.573 e. The molecule has 0 aromatic heterocycles. The highest BCUT2D eigenvalue weighted by molar-refractivity contribution is 8.01. The van der Waals surface area contributed by atoms with Gasteiger partial charge in [0.05, 0.1) is 11.8 Å². The zero-order valence-electron chi connectivity index (χ0n) is 12.8. The highest BCUT2D eigenvalue weighted by atomic mass is 35.5. The van der Waals surface area contributed by atoms with E-state index in [2.05, 4.69) is 10.1 Å². The predicted octanol–water partition coefficient (Wildman–Crippen LogP) is 3.30. The Bertz CT molecular complexity index is 673. The molecule has 1 saturated heterocycles. The standard InChI is InChI=1S/C14H13Cl2F3N2O3S/c1-13(16,6-15)12(23)20-10-11(22)21(7-25-10)8-3-2-4-9(5-8)24-14(17,18)19/h2-5,10H,6-7H2,1H3,(H,20,23). The maximum absolute atomic E-state index is 12.4. The average molecular weight is 417 g/mol. The van der Waals surface area contributed by atoms with Crippen molar-refractivity contribution >= 4 is 52.5 Å². The van der Waals surface area contributed by atoms with E-state index in [4.69, 9.17) is 23.2 Å². The van der Waals surface area contributed by atoms with E-state index in [1.807, 2.05) is 0 Å². The number of carbonyl (C=O) groups excluding carboxylic acids is 2. The van der Waals surface area contributed by atoms with Gasteiger partial charge in [-0.1, -0.05) is 6.07 Å². The molecule has 1 aliphatic heterocycles. The summed E-state index contributed by atoms with van der Waals surface area (Å²) in [5.74, 6) is -1.52. The van der Waals surface area contributed by atoms with Crippen molar-refractivity contribution < 1.29 is 27.5 Å². The van der Waals surface area contributed by atoms with Crippen LogP contribution in [0.3, 0.4) is 0 Å². The third-order valence-corrected chi connectivity index (χ3v) is 5.25. The number of benzene rings is 1. The average Bonchev–Trinajstić information content (AvgIpc) is 2.87. The van der Waals surface area contributed by atoms with Crippen LogP contribution in [0.25, 0.3) is 0 Å². The van der Waals surface area contributed by atoms with Gasteiger partial charge in [0, 0.05) is 11.8 Å². The van der Waals surface area contributed by atoms with E-state index in [-0.39, 0.29) is 17.4 Å². The van der Waals surface area contributed by atoms with E-state index in [0.717, 1.165) is 23.9 Å². The largest absolute Gasteiger partial charge is 0.573 e. The van der Waals surface area contributed by atoms with Gasteiger partial charge in [-0.2, -0.15) is 0 Å². The smallest absolute Gasteiger partial charge is 0.406 e. The summed E-state index contributed by atoms with van der Waals surface area (Å²) in [7, 11) is 0. The van der Waals surface area contributed by atoms with Gasteiger partial charge in [-0.15, -0.1) is 48.1 Å². The summed E-state index contributed by atoms with van der Waals surface area (Å²) in [4.78, 5) is 24.3. The van der Waals surface area contributed by atoms with Crippen LogP contribution in [-0.4, -0.2) is 40.2 Å². The molecule has 11 heteroatoms. The molecular weight excluding hydrogens is 404 g/mol. The summed E-state index contributed by atoms with van der Waals surface area (Å²) >= 11 is 12.6. The Balaban J connectivity index is 2.09. The molecule has 5 nitrogen and oxygen atoms in total. The Morgan fingerprint density at radius 1 is 1.48 bits per heavy atom. The molecule has 25 heavy (non-hydrogen) atoms. The van der Waals surface area contributed by atoms with Crippen LogP contribution < -0.4 is 15.0 Å². The number of thioether (sulfide) groups is 1. The van der Waals surface area contributed by atoms with Gasteiger partial charge in [0.15, 0.2) is 5.37 Å². The molecule has 138 valence electrons. The first-order chi connectivity index (χ1) is 11.5. The topological polar surface area (TPSA) is 58.6 Å². The zero-order chi connectivity index (χ0) is 18.8. The molecule has 0 bridgehead atoms. The Kier molecular flexibility index (Phi) is 6.01. The number of hydrogen-bond acceptors (Lipinski definition) is 4. The molecule has 1 N–H and O–H groups in total. The van der Waals surface area contributed by atoms with Crippen LogP contribution in [0.5, 0.6) is 5.75 Å². The van der Waals surface area contributed by atoms with Gasteiger partial charge >= 0.3 is 6.36 Å². The van der Waals surface area contributed by atoms with E-state index < -0.39 is 34.2 Å². The van der Waals surface area contributed by atoms with Gasteiger partial charge in [0.2, 0.25) is 5.91 Å². The second-order valence-corrected chi connectivity index (χ2v) is 7.46. The summed E-state index contributed by atoms with van der Waals surface area (Å²) in [6.45, 7) is 1.41. The van der Waals surface area contributed by atoms with Gasteiger partial charge in [0.25, 0.3) is 5.91 Å². The van der Waals surface area contributed by atoms with Crippen LogP contribution >= 0.6 is 35.0 Å². The highest BCUT2D eigenvalue weighted by Gasteiger charge is 2.39. The maximum atomic E-state index is 12.4. The van der Waals surface area contributed by atoms with Crippen LogP contribution in [0.15, 0.2) is 24.3 Å². The fourth-order valence-corrected chi connectivity index (χ4v) is 3.12. The van der Waals surface area contributed by atoms with Crippen LogP contribution in [0.1, 0.15) is 6.92 Å². The number of anilines is 1. The molecule has 1 fully saturated rings. The molecule has 1 aromatic rings. The summed E-state index contributed by atoms with van der Waals surface area (Å²) in [5, 5.41) is 1.58. The third-order valence-electron chi connectivity index (χ3n) is 3.21. The second-order valence-electron chi connectivity index (χ2n) is 5.29. The van der Waals surface area contributed by atoms with Gasteiger partial charge < -0.3 is 10.1 Å². The number of hydrogen-bond donors (Lipinski definition) is 1. The monoisotopic (exact) mass is 416 g/mol. The molecule has 0 saturated carbocycles. The van der Waals surface area contributed by atoms with Gasteiger partial charge in [-0.05, 0) is 19.1 Å². The summed E-state index contributed by atoms with van der Waals surface area (Å²) in [6, 6.07) is 5.03. The quantitative estimate of drug-likeness (QED) is 0.748. The van der Waals surface area contributed by atoms with E-state index in [1.54, 1.807) is 0 Å². The lowest BCUT2D eigenvalue weighted by Crippen LogP contribution is -2.48. The lowest BCUT2D eigenvalue weighted by Gasteiger charge is -2.21. The number of alkyl halides is 5. The van der Waals surface area contributed by atoms with Crippen LogP contribution in [-0.2, 0) is 9.59 Å². The molecule has 0 radical (unpaired) electrons. The number of amides is 2. The Morgan fingerprint density at radius 2 is 2.16 bits per heavy atom. The minimum absolute atomic E-state index is 0.146. The lowest BCUT2D eigenvalue weighted by atomic mass is 10.2. The summed E-state index contributed by atoms with van der Waals surface area (Å²) in [5.41, 5.74) is 0.224. The molecule has 0 spiro atoms. The molecule has 1 aromatic carbocycles. The van der Waals surface area contributed by atoms with Crippen LogP contribution in [0.4, 0.5) is 18.9 Å². The van der Waals surface area contributed by atoms with Crippen LogP contribution in [0, 0.1) is 0 Å². The summed E-state index contributed by atoms with van der Waals surface area (Å²) < 4.78 is 40.7. The van der Waals surface area contributed by atoms with Crippen LogP contribution in [0.2, 0.25) is 0 Å². The Morgan fingerprint density at radius 3 is 2.76 bits per heavy atom. The zero-order valence-corrected chi connectivity index (χ0v) is 15.1. The Labute approximate surface area is 155 Å². The second kappa shape index (κ2) is 7.51. The van der Waals surface area contributed by atoms with Crippen molar-refractivity contribution in [1.82, 2.24) is 5.32 Å². The van der Waals surface area contributed by atoms with Crippen molar-refractivity contribution in [1.29, 1.82) is 0 Å². The number of ether oxygens (including phenoxy) is 1. The van der Waals surface area contributed by atoms with Crippen molar-refractivity contribution in [3.8, 4) is 5.75 Å². The molecule has 1 heterocycles. The molecule has 0 aliphatic carbocycles. The SMILES string of the molecule is CC(Cl)(CCl)C(=O)NC1SCN(c2cccc(OC(F)(F)F)c2)C1=O. The van der Waals surface area contributed by atoms with Gasteiger partial charge in [-0.3, -0.25) is 14.5 Å². The predicted molar refractivity (Wildman–Crippen MR) is 90.0 cm³/mol. The molecule has 2 rings (SSSR count). The molecule has 2 atom stereocenters. The van der Waals surface area contributed by atoms with Crippen molar-refractivity contribution in [2.45, 2.75) is 23.5 Å². The fraction of sp³-hybridized carbons (Fsp3) is 0.429. The number of nitrogens with zero attached hydrogens (tertiary/aromatic N) is 1. The molecular formula is C14H13Cl2F3N2O3S. The first-order valence-electron chi connectivity index (χ1n) is 6.88. The van der Waals surface area contributed by atoms with E-state index in [0.29, 0.717) is 0 Å². The minimum Gasteiger partial charge on any atom is -0.406 e. The molecule has 2 amide bonds. The third kappa shape index (κ3) is 5.08. The summed E-state index contributed by atoms with van der Waals surface area (Å²) in [6.07, 6.45) is -4.83. The first kappa shape index (κ1) is 20.0. The van der Waals surface area contributed by atoms with Crippen molar-refractivity contribution in [2.24, 2.45) is 0 Å². The van der Waals surface area contributed by atoms with Crippen molar-refractivity contribution in [2.75, 3.05) is 16.7 Å².